The number of hydrogen-bond donors (Lipinski definition) is 1. The van der Waals surface area contributed by atoms with E-state index in [1.165, 1.54) is 19.1 Å². The molecular formula is C12H14F2O. The summed E-state index contributed by atoms with van der Waals surface area (Å²) in [5.74, 6) is -1.26. The first-order chi connectivity index (χ1) is 7.09. The van der Waals surface area contributed by atoms with Crippen molar-refractivity contribution in [1.82, 2.24) is 0 Å². The second-order valence-electron chi connectivity index (χ2n) is 4.29. The van der Waals surface area contributed by atoms with E-state index in [1.807, 2.05) is 0 Å². The minimum Gasteiger partial charge on any atom is -0.388 e. The van der Waals surface area contributed by atoms with Crippen LogP contribution in [0.3, 0.4) is 0 Å². The van der Waals surface area contributed by atoms with Crippen LogP contribution in [0, 0.1) is 24.5 Å². The Hall–Kier alpha value is -0.960. The van der Waals surface area contributed by atoms with Crippen LogP contribution in [0.5, 0.6) is 0 Å². The monoisotopic (exact) mass is 212 g/mol. The van der Waals surface area contributed by atoms with Gasteiger partial charge in [-0.05, 0) is 24.8 Å². The van der Waals surface area contributed by atoms with Crippen LogP contribution in [-0.4, -0.2) is 5.11 Å². The van der Waals surface area contributed by atoms with Gasteiger partial charge in [0.15, 0.2) is 11.6 Å². The van der Waals surface area contributed by atoms with Crippen molar-refractivity contribution in [2.24, 2.45) is 5.92 Å². The van der Waals surface area contributed by atoms with Crippen molar-refractivity contribution in [3.8, 4) is 0 Å². The Morgan fingerprint density at radius 3 is 2.60 bits per heavy atom. The summed E-state index contributed by atoms with van der Waals surface area (Å²) in [6.45, 7) is 1.51. The zero-order chi connectivity index (χ0) is 11.0. The predicted octanol–water partition coefficient (Wildman–Crippen LogP) is 3.11. The Morgan fingerprint density at radius 1 is 1.33 bits per heavy atom. The highest BCUT2D eigenvalue weighted by Crippen LogP contribution is 2.38. The number of benzene rings is 1. The van der Waals surface area contributed by atoms with Gasteiger partial charge in [-0.25, -0.2) is 8.78 Å². The highest BCUT2D eigenvalue weighted by molar-refractivity contribution is 5.27. The van der Waals surface area contributed by atoms with Crippen molar-refractivity contribution in [3.05, 3.63) is 34.9 Å². The minimum atomic E-state index is -0.900. The lowest BCUT2D eigenvalue weighted by atomic mass is 10.0. The molecule has 0 radical (unpaired) electrons. The number of aliphatic hydroxyl groups is 1. The highest BCUT2D eigenvalue weighted by atomic mass is 19.2. The van der Waals surface area contributed by atoms with Gasteiger partial charge in [0, 0.05) is 5.56 Å². The van der Waals surface area contributed by atoms with Gasteiger partial charge in [-0.15, -0.1) is 0 Å². The zero-order valence-electron chi connectivity index (χ0n) is 8.63. The van der Waals surface area contributed by atoms with Gasteiger partial charge in [0.25, 0.3) is 0 Å². The molecule has 1 nitrogen and oxygen atoms in total. The number of aryl methyl sites for hydroxylation is 1. The molecule has 1 aliphatic carbocycles. The molecule has 0 saturated heterocycles. The maximum absolute atomic E-state index is 13.4. The fourth-order valence-electron chi connectivity index (χ4n) is 1.71. The Labute approximate surface area is 87.7 Å². The van der Waals surface area contributed by atoms with Crippen molar-refractivity contribution in [2.45, 2.75) is 32.3 Å². The molecule has 0 aromatic heterocycles. The number of rotatable bonds is 3. The van der Waals surface area contributed by atoms with Gasteiger partial charge in [0.05, 0.1) is 6.10 Å². The molecule has 1 aromatic rings. The van der Waals surface area contributed by atoms with Gasteiger partial charge in [-0.3, -0.25) is 0 Å². The van der Waals surface area contributed by atoms with Gasteiger partial charge >= 0.3 is 0 Å². The molecule has 1 atom stereocenters. The molecule has 0 spiro atoms. The molecule has 2 rings (SSSR count). The Morgan fingerprint density at radius 2 is 2.00 bits per heavy atom. The third kappa shape index (κ3) is 2.17. The SMILES string of the molecule is Cc1ccc(C(O)CC2CC2)c(F)c1F. The number of halogens is 2. The number of aliphatic hydroxyl groups excluding tert-OH is 1. The largest absolute Gasteiger partial charge is 0.388 e. The predicted molar refractivity (Wildman–Crippen MR) is 53.4 cm³/mol. The molecule has 0 aliphatic heterocycles. The van der Waals surface area contributed by atoms with Gasteiger partial charge in [-0.2, -0.15) is 0 Å². The van der Waals surface area contributed by atoms with E-state index < -0.39 is 17.7 Å². The Balaban J connectivity index is 2.22. The maximum atomic E-state index is 13.4. The van der Waals surface area contributed by atoms with E-state index >= 15 is 0 Å². The van der Waals surface area contributed by atoms with Crippen molar-refractivity contribution >= 4 is 0 Å². The third-order valence-corrected chi connectivity index (χ3v) is 2.92. The Kier molecular flexibility index (Phi) is 2.74. The van der Waals surface area contributed by atoms with Gasteiger partial charge in [0.1, 0.15) is 0 Å². The normalized spacial score (nSPS) is 17.9. The van der Waals surface area contributed by atoms with Crippen LogP contribution in [0.15, 0.2) is 12.1 Å². The van der Waals surface area contributed by atoms with E-state index in [9.17, 15) is 13.9 Å². The fourth-order valence-corrected chi connectivity index (χ4v) is 1.71. The Bertz CT molecular complexity index is 372. The molecular weight excluding hydrogens is 198 g/mol. The first-order valence-corrected chi connectivity index (χ1v) is 5.22. The molecule has 82 valence electrons. The lowest BCUT2D eigenvalue weighted by Gasteiger charge is -2.12. The lowest BCUT2D eigenvalue weighted by molar-refractivity contribution is 0.154. The summed E-state index contributed by atoms with van der Waals surface area (Å²) >= 11 is 0. The molecule has 3 heteroatoms. The quantitative estimate of drug-likeness (QED) is 0.816. The second-order valence-corrected chi connectivity index (χ2v) is 4.29. The van der Waals surface area contributed by atoms with E-state index in [-0.39, 0.29) is 11.1 Å². The molecule has 1 N–H and O–H groups in total. The van der Waals surface area contributed by atoms with Crippen molar-refractivity contribution in [1.29, 1.82) is 0 Å². The first kappa shape index (κ1) is 10.6. The molecule has 0 bridgehead atoms. The van der Waals surface area contributed by atoms with E-state index in [0.29, 0.717) is 12.3 Å². The summed E-state index contributed by atoms with van der Waals surface area (Å²) in [6, 6.07) is 2.98. The van der Waals surface area contributed by atoms with E-state index in [0.717, 1.165) is 12.8 Å². The molecule has 0 amide bonds. The summed E-state index contributed by atoms with van der Waals surface area (Å²) < 4.78 is 26.7. The van der Waals surface area contributed by atoms with E-state index in [2.05, 4.69) is 0 Å². The highest BCUT2D eigenvalue weighted by Gasteiger charge is 2.27. The summed E-state index contributed by atoms with van der Waals surface area (Å²) in [7, 11) is 0. The first-order valence-electron chi connectivity index (χ1n) is 5.22. The van der Waals surface area contributed by atoms with Crippen LogP contribution in [-0.2, 0) is 0 Å². The van der Waals surface area contributed by atoms with Crippen LogP contribution in [0.1, 0.15) is 36.5 Å². The summed E-state index contributed by atoms with van der Waals surface area (Å²) in [5, 5.41) is 9.72. The average molecular weight is 212 g/mol. The molecule has 1 aromatic carbocycles. The second kappa shape index (κ2) is 3.89. The zero-order valence-corrected chi connectivity index (χ0v) is 8.63. The summed E-state index contributed by atoms with van der Waals surface area (Å²) in [5.41, 5.74) is 0.361. The smallest absolute Gasteiger partial charge is 0.164 e. The van der Waals surface area contributed by atoms with Crippen LogP contribution < -0.4 is 0 Å². The molecule has 0 heterocycles. The summed E-state index contributed by atoms with van der Waals surface area (Å²) in [6.07, 6.45) is 1.85. The maximum Gasteiger partial charge on any atom is 0.164 e. The average Bonchev–Trinajstić information content (AvgIpc) is 2.98. The lowest BCUT2D eigenvalue weighted by Crippen LogP contribution is -2.04. The standard InChI is InChI=1S/C12H14F2O/c1-7-2-5-9(12(14)11(7)13)10(15)6-8-3-4-8/h2,5,8,10,15H,3-4,6H2,1H3. The number of hydrogen-bond acceptors (Lipinski definition) is 1. The van der Waals surface area contributed by atoms with Gasteiger partial charge in [0.2, 0.25) is 0 Å². The fraction of sp³-hybridized carbons (Fsp3) is 0.500. The van der Waals surface area contributed by atoms with Crippen molar-refractivity contribution in [3.63, 3.8) is 0 Å². The molecule has 15 heavy (non-hydrogen) atoms. The minimum absolute atomic E-state index is 0.0880. The van der Waals surface area contributed by atoms with Crippen LogP contribution >= 0.6 is 0 Å². The van der Waals surface area contributed by atoms with Crippen molar-refractivity contribution < 1.29 is 13.9 Å². The summed E-state index contributed by atoms with van der Waals surface area (Å²) in [4.78, 5) is 0. The van der Waals surface area contributed by atoms with E-state index in [1.54, 1.807) is 0 Å². The topological polar surface area (TPSA) is 20.2 Å². The van der Waals surface area contributed by atoms with Gasteiger partial charge in [-0.1, -0.05) is 25.0 Å². The molecule has 1 fully saturated rings. The van der Waals surface area contributed by atoms with E-state index in [4.69, 9.17) is 0 Å². The third-order valence-electron chi connectivity index (χ3n) is 2.92. The molecule has 1 saturated carbocycles. The molecule has 1 unspecified atom stereocenters. The molecule has 1 aliphatic rings. The van der Waals surface area contributed by atoms with Crippen molar-refractivity contribution in [2.75, 3.05) is 0 Å². The van der Waals surface area contributed by atoms with Crippen LogP contribution in [0.25, 0.3) is 0 Å². The van der Waals surface area contributed by atoms with Crippen LogP contribution in [0.4, 0.5) is 8.78 Å². The van der Waals surface area contributed by atoms with Crippen LogP contribution in [0.2, 0.25) is 0 Å². The van der Waals surface area contributed by atoms with Gasteiger partial charge < -0.3 is 5.11 Å².